The smallest absolute Gasteiger partial charge is 0.251 e. The maximum Gasteiger partial charge on any atom is 0.251 e. The molecule has 4 N–H and O–H groups in total. The van der Waals surface area contributed by atoms with E-state index >= 15 is 0 Å². The van der Waals surface area contributed by atoms with Gasteiger partial charge in [-0.3, -0.25) is 9.59 Å². The topological polar surface area (TPSA) is 126 Å². The number of carbonyl (C=O) groups is 2. The summed E-state index contributed by atoms with van der Waals surface area (Å²) in [4.78, 5) is 30.1. The van der Waals surface area contributed by atoms with Crippen LogP contribution in [0.15, 0.2) is 72.8 Å². The lowest BCUT2D eigenvalue weighted by Gasteiger charge is -2.25. The van der Waals surface area contributed by atoms with Crippen molar-refractivity contribution in [2.24, 2.45) is 5.41 Å². The van der Waals surface area contributed by atoms with Crippen LogP contribution in [0.5, 0.6) is 11.5 Å². The molecule has 4 aromatic carbocycles. The van der Waals surface area contributed by atoms with E-state index in [4.69, 9.17) is 0 Å². The Hall–Kier alpha value is -5.78. The van der Waals surface area contributed by atoms with Crippen molar-refractivity contribution in [3.8, 4) is 22.9 Å². The summed E-state index contributed by atoms with van der Waals surface area (Å²) in [5.41, 5.74) is 7.85. The number of aromatic nitrogens is 6. The van der Waals surface area contributed by atoms with Gasteiger partial charge in [0.25, 0.3) is 11.8 Å². The number of fused-ring (bicyclic) bond motifs is 8. The lowest BCUT2D eigenvalue weighted by molar-refractivity contribution is 0.0920. The average Bonchev–Trinajstić information content (AvgIpc) is 3.93. The summed E-state index contributed by atoms with van der Waals surface area (Å²) in [6, 6.07) is 22.5. The Balaban J connectivity index is 0.893. The first-order valence-corrected chi connectivity index (χ1v) is 16.7. The molecular formula is C37H40N8O4. The van der Waals surface area contributed by atoms with Crippen molar-refractivity contribution in [3.05, 3.63) is 95.1 Å². The predicted molar refractivity (Wildman–Crippen MR) is 188 cm³/mol. The van der Waals surface area contributed by atoms with Crippen LogP contribution in [0.4, 0.5) is 0 Å². The molecule has 8 aromatic rings. The Bertz CT molecular complexity index is 2340. The van der Waals surface area contributed by atoms with Crippen LogP contribution in [0, 0.1) is 5.41 Å². The number of carbonyl (C=O) groups excluding carboxylic acids is 2. The van der Waals surface area contributed by atoms with E-state index in [1.54, 1.807) is 24.3 Å². The van der Waals surface area contributed by atoms with Crippen molar-refractivity contribution in [2.75, 3.05) is 13.1 Å². The van der Waals surface area contributed by atoms with Gasteiger partial charge in [-0.1, -0.05) is 53.7 Å². The summed E-state index contributed by atoms with van der Waals surface area (Å²) >= 11 is 0. The number of nitrogens with zero attached hydrogens (tertiary/aromatic N) is 6. The maximum atomic E-state index is 13.2. The Morgan fingerprint density at radius 3 is 1.35 bits per heavy atom. The molecule has 252 valence electrons. The summed E-state index contributed by atoms with van der Waals surface area (Å²) < 4.78 is 7.71. The number of hydrogen-bond donors (Lipinski definition) is 4. The second-order valence-electron chi connectivity index (χ2n) is 14.5. The molecule has 8 rings (SSSR count). The third kappa shape index (κ3) is 4.89. The first kappa shape index (κ1) is 30.5. The van der Waals surface area contributed by atoms with Crippen molar-refractivity contribution < 1.29 is 19.8 Å². The van der Waals surface area contributed by atoms with Gasteiger partial charge in [-0.15, -0.1) is 28.1 Å². The molecule has 0 radical (unpaired) electrons. The van der Waals surface area contributed by atoms with E-state index in [2.05, 4.69) is 38.3 Å². The second kappa shape index (κ2) is 10.6. The highest BCUT2D eigenvalue weighted by molar-refractivity contribution is 5.99. The first-order chi connectivity index (χ1) is 23.3. The summed E-state index contributed by atoms with van der Waals surface area (Å²) in [7, 11) is 0. The molecule has 0 atom stereocenters. The SMILES string of the molecule is CC(C)c1ccc(-n2n3c4ccc(C(=O)NCC(C)(C)CNC(=O)c5ccc6c(c5)n5n(-c7ccc(C(C)C)cc7O)n65)cc4n23)c(O)c1. The van der Waals surface area contributed by atoms with Crippen LogP contribution in [-0.4, -0.2) is 63.2 Å². The van der Waals surface area contributed by atoms with Crippen molar-refractivity contribution in [1.82, 2.24) is 38.7 Å². The highest BCUT2D eigenvalue weighted by Crippen LogP contribution is 2.34. The predicted octanol–water partition coefficient (Wildman–Crippen LogP) is 6.00. The van der Waals surface area contributed by atoms with Gasteiger partial charge in [0.05, 0.1) is 0 Å². The zero-order valence-electron chi connectivity index (χ0n) is 28.4. The van der Waals surface area contributed by atoms with Crippen molar-refractivity contribution in [3.63, 3.8) is 0 Å². The number of amides is 2. The van der Waals surface area contributed by atoms with Gasteiger partial charge in [-0.2, -0.15) is 0 Å². The largest absolute Gasteiger partial charge is 0.506 e. The number of phenols is 2. The molecule has 4 heterocycles. The second-order valence-corrected chi connectivity index (χ2v) is 14.5. The Kier molecular flexibility index (Phi) is 6.62. The van der Waals surface area contributed by atoms with Gasteiger partial charge in [-0.25, -0.2) is 0 Å². The van der Waals surface area contributed by atoms with E-state index in [1.807, 2.05) is 90.5 Å². The van der Waals surface area contributed by atoms with E-state index in [1.165, 1.54) is 0 Å². The van der Waals surface area contributed by atoms with Crippen LogP contribution in [0.1, 0.15) is 85.2 Å². The fraction of sp³-hybridized carbons (Fsp3) is 0.297. The molecule has 0 bridgehead atoms. The summed E-state index contributed by atoms with van der Waals surface area (Å²) in [5.74, 6) is 0.662. The molecule has 0 aliphatic carbocycles. The molecular weight excluding hydrogens is 620 g/mol. The molecule has 0 unspecified atom stereocenters. The molecule has 4 aromatic heterocycles. The quantitative estimate of drug-likeness (QED) is 0.144. The molecule has 0 saturated heterocycles. The van der Waals surface area contributed by atoms with Gasteiger partial charge in [-0.05, 0) is 89.0 Å². The van der Waals surface area contributed by atoms with Crippen LogP contribution >= 0.6 is 0 Å². The third-order valence-corrected chi connectivity index (χ3v) is 9.57. The van der Waals surface area contributed by atoms with Crippen LogP contribution in [0.25, 0.3) is 33.4 Å². The van der Waals surface area contributed by atoms with E-state index in [0.717, 1.165) is 33.2 Å². The minimum atomic E-state index is -0.411. The molecule has 0 aliphatic heterocycles. The van der Waals surface area contributed by atoms with Crippen molar-refractivity contribution in [2.45, 2.75) is 53.4 Å². The average molecular weight is 661 g/mol. The minimum Gasteiger partial charge on any atom is -0.506 e. The molecule has 0 aliphatic rings. The van der Waals surface area contributed by atoms with Gasteiger partial charge < -0.3 is 20.8 Å². The molecule has 2 amide bonds. The Labute approximate surface area is 281 Å². The normalized spacial score (nSPS) is 12.7. The maximum absolute atomic E-state index is 13.2. The number of rotatable bonds is 10. The molecule has 0 saturated carbocycles. The zero-order chi connectivity index (χ0) is 34.5. The molecule has 49 heavy (non-hydrogen) atoms. The van der Waals surface area contributed by atoms with Crippen LogP contribution < -0.4 is 10.6 Å². The van der Waals surface area contributed by atoms with E-state index < -0.39 is 5.41 Å². The fourth-order valence-corrected chi connectivity index (χ4v) is 6.42. The van der Waals surface area contributed by atoms with Crippen LogP contribution in [0.2, 0.25) is 0 Å². The number of nitrogens with one attached hydrogen (secondary N) is 2. The van der Waals surface area contributed by atoms with E-state index in [-0.39, 0.29) is 23.3 Å². The van der Waals surface area contributed by atoms with Crippen LogP contribution in [-0.2, 0) is 0 Å². The number of phenolic OH excluding ortho intramolecular Hbond substituents is 2. The van der Waals surface area contributed by atoms with Crippen molar-refractivity contribution >= 4 is 33.9 Å². The molecule has 0 fully saturated rings. The van der Waals surface area contributed by atoms with Gasteiger partial charge >= 0.3 is 0 Å². The lowest BCUT2D eigenvalue weighted by Crippen LogP contribution is -2.42. The molecule has 0 spiro atoms. The highest BCUT2D eigenvalue weighted by Gasteiger charge is 2.29. The summed E-state index contributed by atoms with van der Waals surface area (Å²) in [5, 5.41) is 27.3. The lowest BCUT2D eigenvalue weighted by atomic mass is 9.93. The molecule has 12 heteroatoms. The monoisotopic (exact) mass is 660 g/mol. The van der Waals surface area contributed by atoms with Gasteiger partial charge in [0, 0.05) is 24.2 Å². The number of hydrogen-bond acceptors (Lipinski definition) is 4. The van der Waals surface area contributed by atoms with Gasteiger partial charge in [0.15, 0.2) is 0 Å². The van der Waals surface area contributed by atoms with Crippen molar-refractivity contribution in [1.29, 1.82) is 0 Å². The van der Waals surface area contributed by atoms with Crippen LogP contribution in [0.3, 0.4) is 0 Å². The van der Waals surface area contributed by atoms with E-state index in [9.17, 15) is 19.8 Å². The third-order valence-electron chi connectivity index (χ3n) is 9.57. The standard InChI is InChI=1S/C37H40N8O4/c1-21(2)23-7-13-29(33(46)17-23)42-40-27-11-9-25(15-31(27)44(40)42)35(48)38-19-37(5,6)20-39-36(49)26-10-12-28-32(16-26)45-41(28)43(45)30-14-8-24(22(3)4)18-34(30)47/h7-18,21-22,46-47H,19-20H2,1-6H3,(H,38,48)(H,39,49). The van der Waals surface area contributed by atoms with E-state index in [0.29, 0.717) is 47.4 Å². The first-order valence-electron chi connectivity index (χ1n) is 16.7. The van der Waals surface area contributed by atoms with Gasteiger partial charge in [0.1, 0.15) is 44.9 Å². The number of benzene rings is 4. The number of aromatic hydroxyl groups is 2. The zero-order valence-corrected chi connectivity index (χ0v) is 28.4. The molecule has 12 nitrogen and oxygen atoms in total. The Morgan fingerprint density at radius 2 is 0.980 bits per heavy atom. The minimum absolute atomic E-state index is 0.196. The summed E-state index contributed by atoms with van der Waals surface area (Å²) in [6.07, 6.45) is 0. The highest BCUT2D eigenvalue weighted by atomic mass is 16.3. The fourth-order valence-electron chi connectivity index (χ4n) is 6.42. The Morgan fingerprint density at radius 1 is 0.592 bits per heavy atom. The van der Waals surface area contributed by atoms with Gasteiger partial charge in [0.2, 0.25) is 0 Å². The summed E-state index contributed by atoms with van der Waals surface area (Å²) in [6.45, 7) is 13.1.